The third kappa shape index (κ3) is 7.64. The largest absolute Gasteiger partial charge is 0.524 e. The van der Waals surface area contributed by atoms with Gasteiger partial charge in [-0.1, -0.05) is 0 Å². The Morgan fingerprint density at radius 1 is 1.40 bits per heavy atom. The van der Waals surface area contributed by atoms with Crippen LogP contribution in [0.25, 0.3) is 0 Å². The molecule has 0 unspecified atom stereocenters. The van der Waals surface area contributed by atoms with E-state index < -0.39 is 13.9 Å². The number of thiocarbonyl (C=S) groups is 1. The Bertz CT molecular complexity index is 998. The van der Waals surface area contributed by atoms with E-state index in [1.54, 1.807) is 12.1 Å². The highest BCUT2D eigenvalue weighted by molar-refractivity contribution is 7.80. The summed E-state index contributed by atoms with van der Waals surface area (Å²) in [7, 11) is -3.45. The molecule has 0 spiro atoms. The molecule has 1 heterocycles. The fraction of sp³-hybridized carbons (Fsp3) is 0.125. The molecule has 160 valence electrons. The molecule has 0 aliphatic carbocycles. The number of ether oxygens (including phenoxy) is 2. The minimum absolute atomic E-state index is 0.0380. The molecule has 0 aliphatic heterocycles. The molecule has 6 N–H and O–H groups in total. The fourth-order valence-electron chi connectivity index (χ4n) is 2.07. The minimum Gasteiger partial charge on any atom is -0.497 e. The van der Waals surface area contributed by atoms with Gasteiger partial charge < -0.3 is 19.7 Å². The number of amides is 1. The van der Waals surface area contributed by atoms with E-state index in [1.165, 1.54) is 37.7 Å². The van der Waals surface area contributed by atoms with Crippen molar-refractivity contribution in [1.29, 1.82) is 0 Å². The molecule has 2 aromatic rings. The lowest BCUT2D eigenvalue weighted by Crippen LogP contribution is -2.24. The van der Waals surface area contributed by atoms with Crippen LogP contribution >= 0.6 is 20.0 Å². The second kappa shape index (κ2) is 10.5. The van der Waals surface area contributed by atoms with Crippen molar-refractivity contribution in [3.8, 4) is 11.5 Å². The van der Waals surface area contributed by atoms with Gasteiger partial charge in [-0.25, -0.2) is 9.36 Å². The average molecular weight is 455 g/mol. The number of phosphoric ester groups is 1. The van der Waals surface area contributed by atoms with Gasteiger partial charge in [0.1, 0.15) is 23.8 Å². The molecule has 30 heavy (non-hydrogen) atoms. The van der Waals surface area contributed by atoms with Crippen molar-refractivity contribution >= 4 is 43.1 Å². The average Bonchev–Trinajstić information content (AvgIpc) is 2.66. The second-order valence-electron chi connectivity index (χ2n) is 5.43. The Balaban J connectivity index is 2.08. The highest BCUT2D eigenvalue weighted by atomic mass is 32.1. The summed E-state index contributed by atoms with van der Waals surface area (Å²) in [5, 5.41) is 6.21. The minimum atomic E-state index is -4.83. The standard InChI is InChI=1S/C16H18N5O7PS/c1-26-11-5-4-10(14(7-11)28-29(23,24)25)9-27-16(22)20-12-3-2-6-18-13(12)8-19-21-15(17)30/h2-8H,9H2,1H3,(H,20,22)(H3,17,21,30)(H2,23,24,25). The first kappa shape index (κ1) is 23.0. The van der Waals surface area contributed by atoms with Crippen LogP contribution in [0.2, 0.25) is 0 Å². The van der Waals surface area contributed by atoms with Crippen LogP contribution in [-0.2, 0) is 15.9 Å². The molecule has 0 saturated heterocycles. The quantitative estimate of drug-likeness (QED) is 0.168. The first-order chi connectivity index (χ1) is 14.2. The van der Waals surface area contributed by atoms with Crippen molar-refractivity contribution in [2.24, 2.45) is 10.8 Å². The lowest BCUT2D eigenvalue weighted by molar-refractivity contribution is 0.154. The molecule has 0 radical (unpaired) electrons. The third-order valence-corrected chi connectivity index (χ3v) is 3.81. The number of hydrogen-bond donors (Lipinski definition) is 5. The topological polar surface area (TPSA) is 178 Å². The number of nitrogens with zero attached hydrogens (tertiary/aromatic N) is 2. The van der Waals surface area contributed by atoms with E-state index in [0.29, 0.717) is 11.4 Å². The van der Waals surface area contributed by atoms with Crippen LogP contribution in [0.3, 0.4) is 0 Å². The number of benzene rings is 1. The Hall–Kier alpha value is -3.25. The predicted molar refractivity (Wildman–Crippen MR) is 111 cm³/mol. The molecule has 0 saturated carbocycles. The van der Waals surface area contributed by atoms with Gasteiger partial charge in [0.25, 0.3) is 0 Å². The molecule has 12 nitrogen and oxygen atoms in total. The monoisotopic (exact) mass is 455 g/mol. The third-order valence-electron chi connectivity index (χ3n) is 3.29. The van der Waals surface area contributed by atoms with Gasteiger partial charge in [-0.2, -0.15) is 5.10 Å². The smallest absolute Gasteiger partial charge is 0.497 e. The maximum Gasteiger partial charge on any atom is 0.524 e. The lowest BCUT2D eigenvalue weighted by atomic mass is 10.2. The first-order valence-corrected chi connectivity index (χ1v) is 10.0. The van der Waals surface area contributed by atoms with Crippen molar-refractivity contribution in [1.82, 2.24) is 10.4 Å². The van der Waals surface area contributed by atoms with Crippen molar-refractivity contribution in [2.75, 3.05) is 12.4 Å². The summed E-state index contributed by atoms with van der Waals surface area (Å²) in [4.78, 5) is 34.3. The van der Waals surface area contributed by atoms with E-state index in [0.717, 1.165) is 0 Å². The number of aromatic nitrogens is 1. The SMILES string of the molecule is COc1ccc(COC(=O)Nc2cccnc2C=NNC(N)=S)c(OP(=O)(O)O)c1. The number of phosphoric acid groups is 1. The summed E-state index contributed by atoms with van der Waals surface area (Å²) >= 11 is 4.63. The van der Waals surface area contributed by atoms with Gasteiger partial charge in [0.05, 0.1) is 19.0 Å². The molecule has 0 aliphatic rings. The normalized spacial score (nSPS) is 11.0. The van der Waals surface area contributed by atoms with E-state index >= 15 is 0 Å². The van der Waals surface area contributed by atoms with Gasteiger partial charge in [-0.05, 0) is 36.5 Å². The number of anilines is 1. The first-order valence-electron chi connectivity index (χ1n) is 8.07. The molecule has 0 fully saturated rings. The maximum absolute atomic E-state index is 12.2. The molecule has 14 heteroatoms. The summed E-state index contributed by atoms with van der Waals surface area (Å²) < 4.78 is 25.9. The zero-order chi connectivity index (χ0) is 22.1. The van der Waals surface area contributed by atoms with Crippen LogP contribution in [0.4, 0.5) is 10.5 Å². The highest BCUT2D eigenvalue weighted by Crippen LogP contribution is 2.40. The predicted octanol–water partition coefficient (Wildman–Crippen LogP) is 1.48. The van der Waals surface area contributed by atoms with Gasteiger partial charge in [0.15, 0.2) is 5.11 Å². The van der Waals surface area contributed by atoms with Crippen molar-refractivity contribution in [2.45, 2.75) is 6.61 Å². The summed E-state index contributed by atoms with van der Waals surface area (Å²) in [6, 6.07) is 7.38. The van der Waals surface area contributed by atoms with E-state index in [1.807, 2.05) is 0 Å². The number of hydrogen-bond acceptors (Lipinski definition) is 8. The van der Waals surface area contributed by atoms with Gasteiger partial charge in [-0.15, -0.1) is 0 Å². The van der Waals surface area contributed by atoms with Gasteiger partial charge in [0, 0.05) is 17.8 Å². The number of methoxy groups -OCH3 is 1. The molecule has 1 amide bonds. The zero-order valence-corrected chi connectivity index (χ0v) is 17.2. The van der Waals surface area contributed by atoms with Crippen LogP contribution in [0, 0.1) is 0 Å². The summed E-state index contributed by atoms with van der Waals surface area (Å²) in [6.07, 6.45) is 1.93. The van der Waals surface area contributed by atoms with Crippen LogP contribution in [0.15, 0.2) is 41.6 Å². The van der Waals surface area contributed by atoms with E-state index in [4.69, 9.17) is 25.0 Å². The second-order valence-corrected chi connectivity index (χ2v) is 7.03. The highest BCUT2D eigenvalue weighted by Gasteiger charge is 2.20. The summed E-state index contributed by atoms with van der Waals surface area (Å²) in [5.74, 6) is 0.116. The number of hydrazone groups is 1. The van der Waals surface area contributed by atoms with Gasteiger partial charge >= 0.3 is 13.9 Å². The number of carbonyl (C=O) groups is 1. The molecule has 1 aromatic heterocycles. The van der Waals surface area contributed by atoms with Crippen molar-refractivity contribution < 1.29 is 33.1 Å². The van der Waals surface area contributed by atoms with E-state index in [2.05, 4.69) is 37.6 Å². The number of pyridine rings is 1. The molecular formula is C16H18N5O7PS. The molecule has 0 atom stereocenters. The van der Waals surface area contributed by atoms with Gasteiger partial charge in [0.2, 0.25) is 0 Å². The van der Waals surface area contributed by atoms with Crippen LogP contribution < -0.4 is 25.7 Å². The van der Waals surface area contributed by atoms with Crippen molar-refractivity contribution in [3.63, 3.8) is 0 Å². The van der Waals surface area contributed by atoms with Crippen LogP contribution in [-0.4, -0.2) is 39.3 Å². The Kier molecular flexibility index (Phi) is 8.07. The van der Waals surface area contributed by atoms with Crippen LogP contribution in [0.1, 0.15) is 11.3 Å². The Labute approximate surface area is 176 Å². The zero-order valence-electron chi connectivity index (χ0n) is 15.5. The fourth-order valence-corrected chi connectivity index (χ4v) is 2.55. The number of nitrogens with two attached hydrogens (primary N) is 1. The number of carbonyl (C=O) groups excluding carboxylic acids is 1. The Morgan fingerprint density at radius 2 is 2.17 bits per heavy atom. The molecule has 2 rings (SSSR count). The van der Waals surface area contributed by atoms with Crippen LogP contribution in [0.5, 0.6) is 11.5 Å². The van der Waals surface area contributed by atoms with E-state index in [9.17, 15) is 9.36 Å². The molecule has 0 bridgehead atoms. The number of nitrogens with one attached hydrogen (secondary N) is 2. The van der Waals surface area contributed by atoms with E-state index in [-0.39, 0.29) is 28.7 Å². The Morgan fingerprint density at radius 3 is 2.83 bits per heavy atom. The van der Waals surface area contributed by atoms with Crippen molar-refractivity contribution in [3.05, 3.63) is 47.8 Å². The van der Waals surface area contributed by atoms with Gasteiger partial charge in [-0.3, -0.25) is 25.5 Å². The molecular weight excluding hydrogens is 437 g/mol. The number of rotatable bonds is 8. The molecule has 1 aromatic carbocycles. The maximum atomic E-state index is 12.2. The summed E-state index contributed by atoms with van der Waals surface area (Å²) in [5.41, 5.74) is 8.43. The lowest BCUT2D eigenvalue weighted by Gasteiger charge is -2.14. The summed E-state index contributed by atoms with van der Waals surface area (Å²) in [6.45, 7) is -0.335.